The Bertz CT molecular complexity index is 360. The van der Waals surface area contributed by atoms with Gasteiger partial charge in [-0.2, -0.15) is 5.10 Å². The molecule has 5 heteroatoms. The molecule has 17 heavy (non-hydrogen) atoms. The number of nitrogens with zero attached hydrogens (tertiary/aromatic N) is 2. The smallest absolute Gasteiger partial charge is 0.147 e. The van der Waals surface area contributed by atoms with Crippen molar-refractivity contribution >= 4 is 11.5 Å². The van der Waals surface area contributed by atoms with Gasteiger partial charge in [0.25, 0.3) is 0 Å². The summed E-state index contributed by atoms with van der Waals surface area (Å²) in [5.41, 5.74) is 7.74. The normalized spacial score (nSPS) is 13.1. The quantitative estimate of drug-likeness (QED) is 0.705. The molecule has 0 radical (unpaired) electrons. The van der Waals surface area contributed by atoms with Gasteiger partial charge in [-0.3, -0.25) is 4.68 Å². The molecule has 5 nitrogen and oxygen atoms in total. The summed E-state index contributed by atoms with van der Waals surface area (Å²) in [6.07, 6.45) is 0.793. The van der Waals surface area contributed by atoms with Crippen molar-refractivity contribution in [2.75, 3.05) is 24.2 Å². The number of anilines is 2. The molecule has 0 fully saturated rings. The maximum absolute atomic E-state index is 8.85. The van der Waals surface area contributed by atoms with Gasteiger partial charge in [-0.05, 0) is 18.3 Å². The molecule has 1 atom stereocenters. The van der Waals surface area contributed by atoms with Crippen molar-refractivity contribution in [3.63, 3.8) is 0 Å². The Morgan fingerprint density at radius 1 is 1.41 bits per heavy atom. The van der Waals surface area contributed by atoms with Crippen LogP contribution in [-0.2, 0) is 7.05 Å². The summed E-state index contributed by atoms with van der Waals surface area (Å²) in [6.45, 7) is 7.27. The first kappa shape index (κ1) is 13.8. The molecule has 0 saturated carbocycles. The fraction of sp³-hybridized carbons (Fsp3) is 0.750. The lowest BCUT2D eigenvalue weighted by Gasteiger charge is -2.12. The van der Waals surface area contributed by atoms with Gasteiger partial charge in [-0.15, -0.1) is 0 Å². The van der Waals surface area contributed by atoms with E-state index in [4.69, 9.17) is 10.8 Å². The summed E-state index contributed by atoms with van der Waals surface area (Å²) in [5.74, 6) is 1.61. The first-order valence-corrected chi connectivity index (χ1v) is 6.14. The van der Waals surface area contributed by atoms with Gasteiger partial charge in [0.2, 0.25) is 0 Å². The lowest BCUT2D eigenvalue weighted by Crippen LogP contribution is -2.15. The van der Waals surface area contributed by atoms with E-state index in [1.807, 2.05) is 7.05 Å². The first-order chi connectivity index (χ1) is 7.97. The van der Waals surface area contributed by atoms with E-state index in [1.54, 1.807) is 4.68 Å². The summed E-state index contributed by atoms with van der Waals surface area (Å²) in [6, 6.07) is 0. The highest BCUT2D eigenvalue weighted by molar-refractivity contribution is 5.65. The molecule has 1 unspecified atom stereocenters. The fourth-order valence-electron chi connectivity index (χ4n) is 1.79. The van der Waals surface area contributed by atoms with Crippen LogP contribution in [0.3, 0.4) is 0 Å². The Hall–Kier alpha value is -1.23. The maximum atomic E-state index is 8.85. The van der Waals surface area contributed by atoms with Crippen molar-refractivity contribution in [2.45, 2.75) is 33.1 Å². The lowest BCUT2D eigenvalue weighted by atomic mass is 10.1. The highest BCUT2D eigenvalue weighted by Crippen LogP contribution is 2.27. The van der Waals surface area contributed by atoms with E-state index < -0.39 is 0 Å². The van der Waals surface area contributed by atoms with Gasteiger partial charge in [0, 0.05) is 20.2 Å². The molecule has 98 valence electrons. The van der Waals surface area contributed by atoms with Gasteiger partial charge in [0.05, 0.1) is 11.4 Å². The summed E-state index contributed by atoms with van der Waals surface area (Å²) in [4.78, 5) is 0. The van der Waals surface area contributed by atoms with Crippen LogP contribution in [0.5, 0.6) is 0 Å². The minimum atomic E-state index is 0.223. The van der Waals surface area contributed by atoms with Crippen molar-refractivity contribution in [3.8, 4) is 0 Å². The molecule has 1 aromatic rings. The van der Waals surface area contributed by atoms with Crippen LogP contribution in [0.1, 0.15) is 38.8 Å². The summed E-state index contributed by atoms with van der Waals surface area (Å²) in [7, 11) is 1.89. The minimum absolute atomic E-state index is 0.223. The number of rotatable bonds is 6. The molecular formula is C12H24N4O. The largest absolute Gasteiger partial charge is 0.396 e. The second-order valence-corrected chi connectivity index (χ2v) is 4.92. The van der Waals surface area contributed by atoms with Crippen LogP contribution < -0.4 is 11.1 Å². The molecule has 0 aliphatic rings. The first-order valence-electron chi connectivity index (χ1n) is 6.14. The molecule has 0 aliphatic carbocycles. The Morgan fingerprint density at radius 3 is 2.53 bits per heavy atom. The molecule has 0 aromatic carbocycles. The number of aliphatic hydroxyl groups excluding tert-OH is 1. The monoisotopic (exact) mass is 240 g/mol. The average molecular weight is 240 g/mol. The highest BCUT2D eigenvalue weighted by Gasteiger charge is 2.15. The van der Waals surface area contributed by atoms with Crippen molar-refractivity contribution < 1.29 is 5.11 Å². The highest BCUT2D eigenvalue weighted by atomic mass is 16.3. The van der Waals surface area contributed by atoms with Gasteiger partial charge in [-0.25, -0.2) is 0 Å². The predicted molar refractivity (Wildman–Crippen MR) is 71.1 cm³/mol. The molecule has 0 aliphatic heterocycles. The second kappa shape index (κ2) is 5.91. The van der Waals surface area contributed by atoms with Gasteiger partial charge in [-0.1, -0.05) is 20.8 Å². The van der Waals surface area contributed by atoms with Crippen LogP contribution in [0.25, 0.3) is 0 Å². The molecule has 1 heterocycles. The van der Waals surface area contributed by atoms with E-state index in [-0.39, 0.29) is 6.61 Å². The zero-order chi connectivity index (χ0) is 13.0. The predicted octanol–water partition coefficient (Wildman–Crippen LogP) is 1.56. The third-order valence-corrected chi connectivity index (χ3v) is 2.90. The Kier molecular flexibility index (Phi) is 4.81. The maximum Gasteiger partial charge on any atom is 0.147 e. The van der Waals surface area contributed by atoms with Gasteiger partial charge in [0.15, 0.2) is 0 Å². The van der Waals surface area contributed by atoms with E-state index in [0.717, 1.165) is 30.2 Å². The van der Waals surface area contributed by atoms with Crippen molar-refractivity contribution in [1.29, 1.82) is 0 Å². The number of hydrogen-bond donors (Lipinski definition) is 3. The number of nitrogens with one attached hydrogen (secondary N) is 1. The minimum Gasteiger partial charge on any atom is -0.396 e. The molecule has 0 bridgehead atoms. The second-order valence-electron chi connectivity index (χ2n) is 4.92. The fourth-order valence-corrected chi connectivity index (χ4v) is 1.79. The zero-order valence-electron chi connectivity index (χ0n) is 11.2. The molecule has 4 N–H and O–H groups in total. The molecule has 1 rings (SSSR count). The van der Waals surface area contributed by atoms with Crippen molar-refractivity contribution in [1.82, 2.24) is 9.78 Å². The van der Waals surface area contributed by atoms with Gasteiger partial charge < -0.3 is 16.2 Å². The van der Waals surface area contributed by atoms with E-state index in [0.29, 0.717) is 11.8 Å². The van der Waals surface area contributed by atoms with Crippen LogP contribution in [0.15, 0.2) is 0 Å². The van der Waals surface area contributed by atoms with Crippen LogP contribution in [-0.4, -0.2) is 28.0 Å². The number of aliphatic hydroxyl groups is 1. The molecule has 1 aromatic heterocycles. The number of hydrogen-bond acceptors (Lipinski definition) is 4. The Morgan fingerprint density at radius 2 is 2.06 bits per heavy atom. The third-order valence-electron chi connectivity index (χ3n) is 2.90. The zero-order valence-corrected chi connectivity index (χ0v) is 11.2. The summed E-state index contributed by atoms with van der Waals surface area (Å²) >= 11 is 0. The van der Waals surface area contributed by atoms with Gasteiger partial charge in [0.1, 0.15) is 5.82 Å². The third kappa shape index (κ3) is 3.36. The van der Waals surface area contributed by atoms with E-state index in [9.17, 15) is 0 Å². The van der Waals surface area contributed by atoms with Crippen molar-refractivity contribution in [3.05, 3.63) is 5.69 Å². The summed E-state index contributed by atoms with van der Waals surface area (Å²) < 4.78 is 1.79. The molecular weight excluding hydrogens is 216 g/mol. The Balaban J connectivity index is 2.71. The van der Waals surface area contributed by atoms with E-state index in [2.05, 4.69) is 31.2 Å². The lowest BCUT2D eigenvalue weighted by molar-refractivity contribution is 0.265. The van der Waals surface area contributed by atoms with Crippen LogP contribution in [0, 0.1) is 5.92 Å². The van der Waals surface area contributed by atoms with Crippen molar-refractivity contribution in [2.24, 2.45) is 13.0 Å². The molecule has 0 amide bonds. The molecule has 0 saturated heterocycles. The van der Waals surface area contributed by atoms with Crippen LogP contribution >= 0.6 is 0 Å². The van der Waals surface area contributed by atoms with E-state index >= 15 is 0 Å². The van der Waals surface area contributed by atoms with E-state index in [1.165, 1.54) is 0 Å². The number of nitrogen functional groups attached to an aromatic ring is 1. The van der Waals surface area contributed by atoms with Crippen LogP contribution in [0.2, 0.25) is 0 Å². The summed E-state index contributed by atoms with van der Waals surface area (Å²) in [5, 5.41) is 16.6. The van der Waals surface area contributed by atoms with Gasteiger partial charge >= 0.3 is 0 Å². The van der Waals surface area contributed by atoms with Crippen LogP contribution in [0.4, 0.5) is 11.5 Å². The SMILES string of the molecule is CC(CCO)CNc1c(N)c(C(C)C)nn1C. The number of aromatic nitrogens is 2. The topological polar surface area (TPSA) is 76.1 Å². The molecule has 0 spiro atoms. The standard InChI is InChI=1S/C12H24N4O/c1-8(2)11-10(13)12(16(4)15-11)14-7-9(3)5-6-17/h8-9,14,17H,5-7,13H2,1-4H3. The average Bonchev–Trinajstić information content (AvgIpc) is 2.52. The number of aryl methyl sites for hydroxylation is 1. The Labute approximate surface area is 103 Å². The number of nitrogens with two attached hydrogens (primary N) is 1.